The minimum Gasteiger partial charge on any atom is -0.394 e. The number of aliphatic imine (C=N–C) groups is 1. The molecule has 1 aliphatic heterocycles. The summed E-state index contributed by atoms with van der Waals surface area (Å²) >= 11 is 0. The van der Waals surface area contributed by atoms with Gasteiger partial charge in [0.25, 0.3) is 0 Å². The van der Waals surface area contributed by atoms with Crippen LogP contribution in [0, 0.1) is 5.41 Å². The third kappa shape index (κ3) is 9.00. The van der Waals surface area contributed by atoms with E-state index in [9.17, 15) is 40.9 Å². The van der Waals surface area contributed by atoms with E-state index < -0.39 is 118 Å². The normalized spacial score (nSPS) is 36.8. The third-order valence-electron chi connectivity index (χ3n) is 7.09. The van der Waals surface area contributed by atoms with Crippen LogP contribution in [0.25, 0.3) is 0 Å². The van der Waals surface area contributed by atoms with Gasteiger partial charge < -0.3 is 88.1 Å². The summed E-state index contributed by atoms with van der Waals surface area (Å²) < 4.78 is 22.1. The van der Waals surface area contributed by atoms with Gasteiger partial charge >= 0.3 is 0 Å². The van der Waals surface area contributed by atoms with E-state index in [-0.39, 0.29) is 13.1 Å². The lowest BCUT2D eigenvalue weighted by atomic mass is 9.81. The van der Waals surface area contributed by atoms with Crippen LogP contribution in [0.3, 0.4) is 0 Å². The maximum Gasteiger partial charge on any atom is 0.186 e. The smallest absolute Gasteiger partial charge is 0.186 e. The van der Waals surface area contributed by atoms with Crippen molar-refractivity contribution < 1.29 is 59.8 Å². The molecule has 6 unspecified atom stereocenters. The van der Waals surface area contributed by atoms with Gasteiger partial charge in [-0.3, -0.25) is 10.3 Å². The monoisotopic (exact) mass is 614 g/mol. The van der Waals surface area contributed by atoms with Gasteiger partial charge in [0.05, 0.1) is 38.5 Å². The Morgan fingerprint density at radius 1 is 1.00 bits per heavy atom. The Labute approximate surface area is 241 Å². The summed E-state index contributed by atoms with van der Waals surface area (Å²) in [6.07, 6.45) is -11.6. The number of rotatable bonds is 15. The van der Waals surface area contributed by atoms with Gasteiger partial charge in [-0.1, -0.05) is 0 Å². The van der Waals surface area contributed by atoms with Crippen LogP contribution in [0.4, 0.5) is 0 Å². The second-order valence-corrected chi connectivity index (χ2v) is 10.4. The highest BCUT2D eigenvalue weighted by Gasteiger charge is 2.51. The number of ether oxygens (including phenoxy) is 4. The molecule has 42 heavy (non-hydrogen) atoms. The maximum absolute atomic E-state index is 10.9. The molecule has 18 N–H and O–H groups in total. The predicted molar refractivity (Wildman–Crippen MR) is 143 cm³/mol. The van der Waals surface area contributed by atoms with Crippen molar-refractivity contribution in [3.05, 3.63) is 0 Å². The molecule has 0 bridgehead atoms. The molecule has 12 atom stereocenters. The second-order valence-electron chi connectivity index (χ2n) is 10.4. The Bertz CT molecular complexity index is 875. The van der Waals surface area contributed by atoms with Gasteiger partial charge in [0.1, 0.15) is 61.2 Å². The Hall–Kier alpha value is -2.02. The molecule has 0 spiro atoms. The Kier molecular flexibility index (Phi) is 13.9. The standard InChI is InChI=1S/C22H46N8O12/c1-30(3-2-23)12-16(36)13(33)9(4-31)42-19(12)40-7-22(38,5-32)6-39-8-41-18-11(29-21(26)27)14(34)10(28-20(24)25)15(35)17(18)37/h9-19,31-38H,2-8,23H2,1H3,(H4,24,25,28)(H4,26,27,29)/t9?,10?,11-,12?,13-,14?,15-,16+,17-,18?,19?,22-/m0/s1. The molecular formula is C22H46N8O12. The largest absolute Gasteiger partial charge is 0.394 e. The highest BCUT2D eigenvalue weighted by Crippen LogP contribution is 2.28. The van der Waals surface area contributed by atoms with Crippen LogP contribution in [0.5, 0.6) is 0 Å². The average Bonchev–Trinajstić information content (AvgIpc) is 2.93. The fourth-order valence-corrected chi connectivity index (χ4v) is 4.84. The average molecular weight is 615 g/mol. The number of likely N-dealkylation sites (N-methyl/N-ethyl adjacent to an activating group) is 1. The van der Waals surface area contributed by atoms with Crippen LogP contribution >= 0.6 is 0 Å². The summed E-state index contributed by atoms with van der Waals surface area (Å²) in [5.74, 6) is -1.05. The highest BCUT2D eigenvalue weighted by atomic mass is 16.7. The van der Waals surface area contributed by atoms with Gasteiger partial charge in [0.15, 0.2) is 18.2 Å². The van der Waals surface area contributed by atoms with Crippen molar-refractivity contribution in [2.75, 3.05) is 53.4 Å². The molecule has 246 valence electrons. The first-order valence-corrected chi connectivity index (χ1v) is 13.1. The quantitative estimate of drug-likeness (QED) is 0.0352. The fourth-order valence-electron chi connectivity index (χ4n) is 4.84. The van der Waals surface area contributed by atoms with Gasteiger partial charge in [-0.05, 0) is 7.05 Å². The van der Waals surface area contributed by atoms with Crippen molar-refractivity contribution in [3.8, 4) is 0 Å². The SMILES string of the molecule is CN(CCN)C1C(OC[C@](O)(CO)COCOC2[C@@H](N=C(N)N)C(O)C(NC(=N)N)[C@H](O)[C@@H]2O)OC(CO)[C@H](O)[C@@H]1O. The Morgan fingerprint density at radius 3 is 2.21 bits per heavy atom. The minimum absolute atomic E-state index is 0.210. The first kappa shape index (κ1) is 36.2. The topological polar surface area (TPSA) is 354 Å². The molecule has 2 fully saturated rings. The Morgan fingerprint density at radius 2 is 1.67 bits per heavy atom. The zero-order valence-corrected chi connectivity index (χ0v) is 23.2. The van der Waals surface area contributed by atoms with Crippen LogP contribution in [-0.2, 0) is 18.9 Å². The molecule has 0 aromatic rings. The number of guanidine groups is 2. The van der Waals surface area contributed by atoms with Gasteiger partial charge in [-0.15, -0.1) is 0 Å². The van der Waals surface area contributed by atoms with Crippen molar-refractivity contribution in [2.45, 2.75) is 72.7 Å². The number of hydrogen-bond donors (Lipinski definition) is 14. The van der Waals surface area contributed by atoms with Gasteiger partial charge in [0, 0.05) is 13.1 Å². The van der Waals surface area contributed by atoms with Crippen molar-refractivity contribution in [3.63, 3.8) is 0 Å². The first-order valence-electron chi connectivity index (χ1n) is 13.1. The zero-order valence-electron chi connectivity index (χ0n) is 23.2. The van der Waals surface area contributed by atoms with E-state index in [1.54, 1.807) is 11.9 Å². The second kappa shape index (κ2) is 16.2. The molecule has 0 aromatic carbocycles. The van der Waals surface area contributed by atoms with Crippen molar-refractivity contribution >= 4 is 11.9 Å². The van der Waals surface area contributed by atoms with E-state index in [2.05, 4.69) is 10.3 Å². The van der Waals surface area contributed by atoms with E-state index >= 15 is 0 Å². The van der Waals surface area contributed by atoms with E-state index in [4.69, 9.17) is 47.3 Å². The number of hydrogen-bond acceptors (Lipinski definition) is 16. The molecule has 0 aromatic heterocycles. The van der Waals surface area contributed by atoms with E-state index in [1.807, 2.05) is 0 Å². The zero-order chi connectivity index (χ0) is 31.8. The lowest BCUT2D eigenvalue weighted by Crippen LogP contribution is -2.69. The van der Waals surface area contributed by atoms with Gasteiger partial charge in [0.2, 0.25) is 0 Å². The first-order chi connectivity index (χ1) is 19.7. The number of aliphatic hydroxyl groups excluding tert-OH is 7. The van der Waals surface area contributed by atoms with E-state index in [1.165, 1.54) is 0 Å². The van der Waals surface area contributed by atoms with Gasteiger partial charge in [-0.25, -0.2) is 4.99 Å². The van der Waals surface area contributed by atoms with Crippen LogP contribution in [0.15, 0.2) is 4.99 Å². The summed E-state index contributed by atoms with van der Waals surface area (Å²) in [6, 6.07) is -3.60. The van der Waals surface area contributed by atoms with Crippen LogP contribution in [0.1, 0.15) is 0 Å². The molecule has 2 rings (SSSR count). The molecular weight excluding hydrogens is 568 g/mol. The summed E-state index contributed by atoms with van der Waals surface area (Å²) in [5.41, 5.74) is 19.7. The van der Waals surface area contributed by atoms with E-state index in [0.717, 1.165) is 0 Å². The van der Waals surface area contributed by atoms with Crippen LogP contribution in [-0.4, -0.2) is 184 Å². The fraction of sp³-hybridized carbons (Fsp3) is 0.909. The molecule has 1 saturated heterocycles. The molecule has 20 nitrogen and oxygen atoms in total. The maximum atomic E-state index is 10.9. The van der Waals surface area contributed by atoms with Crippen LogP contribution < -0.4 is 28.3 Å². The lowest BCUT2D eigenvalue weighted by molar-refractivity contribution is -0.298. The van der Waals surface area contributed by atoms with Crippen molar-refractivity contribution in [1.29, 1.82) is 5.41 Å². The number of nitrogens with one attached hydrogen (secondary N) is 2. The minimum atomic E-state index is -2.04. The third-order valence-corrected chi connectivity index (χ3v) is 7.09. The number of nitrogens with two attached hydrogens (primary N) is 4. The lowest BCUT2D eigenvalue weighted by Gasteiger charge is -2.46. The molecule has 0 radical (unpaired) electrons. The molecule has 1 aliphatic carbocycles. The molecule has 2 aliphatic rings. The summed E-state index contributed by atoms with van der Waals surface area (Å²) in [4.78, 5) is 5.43. The molecule has 0 amide bonds. The molecule has 20 heteroatoms. The highest BCUT2D eigenvalue weighted by molar-refractivity contribution is 5.76. The molecule has 1 heterocycles. The Balaban J connectivity index is 2.04. The predicted octanol–water partition coefficient (Wildman–Crippen LogP) is -8.63. The summed E-state index contributed by atoms with van der Waals surface area (Å²) in [7, 11) is 1.60. The summed E-state index contributed by atoms with van der Waals surface area (Å²) in [5, 5.41) is 92.5. The van der Waals surface area contributed by atoms with Gasteiger partial charge in [-0.2, -0.15) is 0 Å². The molecule has 1 saturated carbocycles. The van der Waals surface area contributed by atoms with E-state index in [0.29, 0.717) is 0 Å². The van der Waals surface area contributed by atoms with Crippen molar-refractivity contribution in [1.82, 2.24) is 10.2 Å². The number of aliphatic hydroxyl groups is 8. The van der Waals surface area contributed by atoms with Crippen molar-refractivity contribution in [2.24, 2.45) is 27.9 Å². The summed E-state index contributed by atoms with van der Waals surface area (Å²) in [6.45, 7) is -2.83. The van der Waals surface area contributed by atoms with Crippen LogP contribution in [0.2, 0.25) is 0 Å². The number of nitrogens with zero attached hydrogens (tertiary/aromatic N) is 2.